The molecule has 0 atom stereocenters. The van der Waals surface area contributed by atoms with Crippen molar-refractivity contribution in [3.05, 3.63) is 23.5 Å². The summed E-state index contributed by atoms with van der Waals surface area (Å²) in [6.07, 6.45) is 2.52. The Labute approximate surface area is 68.4 Å². The molecule has 0 bridgehead atoms. The van der Waals surface area contributed by atoms with Crippen molar-refractivity contribution in [3.8, 4) is 0 Å². The molecular weight excluding hydrogens is 170 g/mol. The fraction of sp³-hybridized carbons (Fsp3) is 0.167. The van der Waals surface area contributed by atoms with Crippen molar-refractivity contribution in [2.24, 2.45) is 0 Å². The summed E-state index contributed by atoms with van der Waals surface area (Å²) >= 11 is 5.48. The number of rotatable bonds is 1. The van der Waals surface area contributed by atoms with Crippen LogP contribution in [0.5, 0.6) is 0 Å². The third kappa shape index (κ3) is 1.90. The second-order valence-electron chi connectivity index (χ2n) is 2.42. The van der Waals surface area contributed by atoms with E-state index >= 15 is 0 Å². The SMILES string of the molecule is C[B-](F)(F)c1ccncc1Cl. The minimum absolute atomic E-state index is 0.0278. The lowest BCUT2D eigenvalue weighted by atomic mass is 9.61. The summed E-state index contributed by atoms with van der Waals surface area (Å²) < 4.78 is 25.3. The predicted molar refractivity (Wildman–Crippen MR) is 42.7 cm³/mol. The first-order valence-electron chi connectivity index (χ1n) is 3.17. The lowest BCUT2D eigenvalue weighted by Crippen LogP contribution is -2.35. The fourth-order valence-electron chi connectivity index (χ4n) is 0.797. The summed E-state index contributed by atoms with van der Waals surface area (Å²) in [6.45, 7) is -2.64. The normalized spacial score (nSPS) is 11.6. The van der Waals surface area contributed by atoms with Crippen molar-refractivity contribution < 1.29 is 8.63 Å². The molecule has 0 aromatic carbocycles. The first-order valence-corrected chi connectivity index (χ1v) is 3.55. The van der Waals surface area contributed by atoms with Crippen LogP contribution >= 0.6 is 11.6 Å². The van der Waals surface area contributed by atoms with Crippen LogP contribution in [0.2, 0.25) is 11.8 Å². The molecule has 1 aromatic heterocycles. The predicted octanol–water partition coefficient (Wildman–Crippen LogP) is 1.95. The molecular formula is C6H6BClF2N-. The minimum Gasteiger partial charge on any atom is -0.473 e. The number of aromatic nitrogens is 1. The Morgan fingerprint density at radius 2 is 2.18 bits per heavy atom. The molecule has 0 aliphatic rings. The van der Waals surface area contributed by atoms with Gasteiger partial charge in [0, 0.05) is 17.4 Å². The second kappa shape index (κ2) is 2.78. The third-order valence-electron chi connectivity index (χ3n) is 1.35. The van der Waals surface area contributed by atoms with Gasteiger partial charge in [-0.3, -0.25) is 4.98 Å². The summed E-state index contributed by atoms with van der Waals surface area (Å²) in [5.74, 6) is 0. The minimum atomic E-state index is -3.50. The number of halogens is 3. The molecule has 1 rings (SSSR count). The third-order valence-corrected chi connectivity index (χ3v) is 1.67. The molecule has 0 aliphatic carbocycles. The van der Waals surface area contributed by atoms with Crippen LogP contribution in [0.15, 0.2) is 18.5 Å². The van der Waals surface area contributed by atoms with Gasteiger partial charge in [-0.1, -0.05) is 17.7 Å². The Balaban J connectivity index is 3.14. The molecule has 11 heavy (non-hydrogen) atoms. The molecule has 0 saturated heterocycles. The van der Waals surface area contributed by atoms with Gasteiger partial charge in [0.2, 0.25) is 0 Å². The number of nitrogens with zero attached hydrogens (tertiary/aromatic N) is 1. The molecule has 0 fully saturated rings. The van der Waals surface area contributed by atoms with Crippen molar-refractivity contribution in [1.29, 1.82) is 0 Å². The Morgan fingerprint density at radius 3 is 2.55 bits per heavy atom. The second-order valence-corrected chi connectivity index (χ2v) is 2.83. The van der Waals surface area contributed by atoms with E-state index in [0.717, 1.165) is 6.82 Å². The zero-order valence-corrected chi connectivity index (χ0v) is 6.65. The highest BCUT2D eigenvalue weighted by Gasteiger charge is 2.20. The summed E-state index contributed by atoms with van der Waals surface area (Å²) in [4.78, 5) is 3.60. The highest BCUT2D eigenvalue weighted by Crippen LogP contribution is 2.12. The molecule has 0 spiro atoms. The van der Waals surface area contributed by atoms with Crippen molar-refractivity contribution in [1.82, 2.24) is 4.98 Å². The maximum atomic E-state index is 12.7. The van der Waals surface area contributed by atoms with Gasteiger partial charge in [0.25, 0.3) is 0 Å². The molecule has 1 heterocycles. The van der Waals surface area contributed by atoms with Crippen LogP contribution in [-0.4, -0.2) is 11.7 Å². The maximum Gasteiger partial charge on any atom is 0.331 e. The van der Waals surface area contributed by atoms with E-state index in [-0.39, 0.29) is 10.5 Å². The van der Waals surface area contributed by atoms with Crippen molar-refractivity contribution >= 4 is 23.8 Å². The summed E-state index contributed by atoms with van der Waals surface area (Å²) in [6, 6.07) is 1.24. The molecule has 60 valence electrons. The van der Waals surface area contributed by atoms with Gasteiger partial charge in [-0.25, -0.2) is 0 Å². The molecule has 0 amide bonds. The molecule has 1 nitrogen and oxygen atoms in total. The Hall–Kier alpha value is -0.635. The van der Waals surface area contributed by atoms with E-state index in [2.05, 4.69) is 4.98 Å². The molecule has 0 N–H and O–H groups in total. The number of pyridine rings is 1. The van der Waals surface area contributed by atoms with E-state index in [1.165, 1.54) is 18.5 Å². The average molecular weight is 176 g/mol. The van der Waals surface area contributed by atoms with Crippen LogP contribution in [-0.2, 0) is 0 Å². The maximum absolute atomic E-state index is 12.7. The molecule has 5 heteroatoms. The topological polar surface area (TPSA) is 12.9 Å². The van der Waals surface area contributed by atoms with E-state index in [1.807, 2.05) is 0 Å². The van der Waals surface area contributed by atoms with E-state index < -0.39 is 6.70 Å². The highest BCUT2D eigenvalue weighted by atomic mass is 35.5. The van der Waals surface area contributed by atoms with Gasteiger partial charge in [0.15, 0.2) is 0 Å². The van der Waals surface area contributed by atoms with Gasteiger partial charge in [-0.05, 0) is 0 Å². The van der Waals surface area contributed by atoms with Gasteiger partial charge < -0.3 is 8.63 Å². The number of hydrogen-bond donors (Lipinski definition) is 0. The lowest BCUT2D eigenvalue weighted by molar-refractivity contribution is 0.642. The summed E-state index contributed by atoms with van der Waals surface area (Å²) in [5.41, 5.74) is -0.123. The van der Waals surface area contributed by atoms with E-state index in [9.17, 15) is 8.63 Å². The monoisotopic (exact) mass is 176 g/mol. The summed E-state index contributed by atoms with van der Waals surface area (Å²) in [5, 5.41) is 0.0278. The standard InChI is InChI=1S/C6H6BClF2N/c1-7(9,10)5-2-3-11-4-6(5)8/h2-4H,1H3/q-1. The Morgan fingerprint density at radius 1 is 1.55 bits per heavy atom. The van der Waals surface area contributed by atoms with Gasteiger partial charge in [0.1, 0.15) is 0 Å². The van der Waals surface area contributed by atoms with Crippen LogP contribution in [0.4, 0.5) is 8.63 Å². The zero-order valence-electron chi connectivity index (χ0n) is 5.89. The fourth-order valence-corrected chi connectivity index (χ4v) is 1.11. The van der Waals surface area contributed by atoms with Gasteiger partial charge in [-0.2, -0.15) is 0 Å². The molecule has 0 unspecified atom stereocenters. The largest absolute Gasteiger partial charge is 0.473 e. The van der Waals surface area contributed by atoms with Gasteiger partial charge >= 0.3 is 6.70 Å². The van der Waals surface area contributed by atoms with Crippen LogP contribution in [0.25, 0.3) is 0 Å². The van der Waals surface area contributed by atoms with Gasteiger partial charge in [0.05, 0.1) is 0 Å². The van der Waals surface area contributed by atoms with Crippen molar-refractivity contribution in [2.45, 2.75) is 6.82 Å². The van der Waals surface area contributed by atoms with E-state index in [1.54, 1.807) is 0 Å². The first kappa shape index (κ1) is 8.46. The Kier molecular flexibility index (Phi) is 2.14. The van der Waals surface area contributed by atoms with E-state index in [4.69, 9.17) is 11.6 Å². The molecule has 0 aliphatic heterocycles. The zero-order chi connectivity index (χ0) is 8.48. The van der Waals surface area contributed by atoms with Gasteiger partial charge in [-0.15, -0.1) is 12.3 Å². The number of hydrogen-bond acceptors (Lipinski definition) is 1. The molecule has 0 saturated carbocycles. The lowest BCUT2D eigenvalue weighted by Gasteiger charge is -2.18. The molecule has 0 radical (unpaired) electrons. The van der Waals surface area contributed by atoms with Crippen molar-refractivity contribution in [3.63, 3.8) is 0 Å². The smallest absolute Gasteiger partial charge is 0.331 e. The average Bonchev–Trinajstić information content (AvgIpc) is 1.86. The first-order chi connectivity index (χ1) is 5.02. The van der Waals surface area contributed by atoms with Crippen LogP contribution < -0.4 is 5.46 Å². The molecule has 1 aromatic rings. The van der Waals surface area contributed by atoms with E-state index in [0.29, 0.717) is 0 Å². The Bertz CT molecular complexity index is 261. The van der Waals surface area contributed by atoms with Crippen LogP contribution in [0.3, 0.4) is 0 Å². The summed E-state index contributed by atoms with van der Waals surface area (Å²) in [7, 11) is 0. The van der Waals surface area contributed by atoms with Crippen molar-refractivity contribution in [2.75, 3.05) is 0 Å². The highest BCUT2D eigenvalue weighted by molar-refractivity contribution is 6.80. The quantitative estimate of drug-likeness (QED) is 0.596. The van der Waals surface area contributed by atoms with Crippen LogP contribution in [0, 0.1) is 0 Å². The van der Waals surface area contributed by atoms with Crippen LogP contribution in [0.1, 0.15) is 0 Å².